The van der Waals surface area contributed by atoms with Crippen LogP contribution in [0, 0.1) is 5.92 Å². The van der Waals surface area contributed by atoms with Crippen LogP contribution in [0.4, 0.5) is 0 Å². The second-order valence-corrected chi connectivity index (χ2v) is 6.80. The van der Waals surface area contributed by atoms with Gasteiger partial charge in [0.05, 0.1) is 11.5 Å². The smallest absolute Gasteiger partial charge is 0.266 e. The van der Waals surface area contributed by atoms with Gasteiger partial charge in [-0.25, -0.2) is 0 Å². The standard InChI is InChI=1S/C15H24O3S.Na/c1-14(2)10-6-3-4-9-13-18-19(16,17)15-11-7-5-8-12-15;/h5,7-8,11-12,14H,3-4,6,9-10,13H2,1-2H3;. The molecule has 0 fully saturated rings. The number of rotatable bonds is 9. The summed E-state index contributed by atoms with van der Waals surface area (Å²) in [5.74, 6) is 0.745. The van der Waals surface area contributed by atoms with Gasteiger partial charge in [0.2, 0.25) is 0 Å². The Labute approximate surface area is 145 Å². The summed E-state index contributed by atoms with van der Waals surface area (Å²) in [7, 11) is -3.57. The van der Waals surface area contributed by atoms with E-state index in [1.54, 1.807) is 30.3 Å². The normalized spacial score (nSPS) is 11.3. The molecule has 0 heterocycles. The van der Waals surface area contributed by atoms with E-state index in [1.807, 2.05) is 0 Å². The topological polar surface area (TPSA) is 43.4 Å². The summed E-state index contributed by atoms with van der Waals surface area (Å²) in [5, 5.41) is 0. The van der Waals surface area contributed by atoms with Gasteiger partial charge in [-0.05, 0) is 24.5 Å². The van der Waals surface area contributed by atoms with E-state index >= 15 is 0 Å². The Morgan fingerprint density at radius 3 is 2.20 bits per heavy atom. The van der Waals surface area contributed by atoms with Crippen LogP contribution in [0.25, 0.3) is 0 Å². The number of hydrogen-bond acceptors (Lipinski definition) is 3. The van der Waals surface area contributed by atoms with Gasteiger partial charge in [-0.1, -0.05) is 57.7 Å². The molecule has 0 unspecified atom stereocenters. The van der Waals surface area contributed by atoms with Crippen molar-refractivity contribution in [3.05, 3.63) is 30.3 Å². The van der Waals surface area contributed by atoms with Gasteiger partial charge in [0.1, 0.15) is 0 Å². The average molecular weight is 307 g/mol. The molecule has 0 bridgehead atoms. The van der Waals surface area contributed by atoms with Crippen LogP contribution in [-0.2, 0) is 14.3 Å². The maximum atomic E-state index is 11.8. The molecule has 0 aliphatic carbocycles. The number of benzene rings is 1. The van der Waals surface area contributed by atoms with Crippen molar-refractivity contribution < 1.29 is 12.6 Å². The fourth-order valence-electron chi connectivity index (χ4n) is 1.83. The molecule has 0 amide bonds. The van der Waals surface area contributed by atoms with Crippen LogP contribution >= 0.6 is 0 Å². The molecule has 1 radical (unpaired) electrons. The first-order chi connectivity index (χ1) is 9.02. The van der Waals surface area contributed by atoms with Gasteiger partial charge < -0.3 is 0 Å². The third-order valence-corrected chi connectivity index (χ3v) is 4.27. The van der Waals surface area contributed by atoms with Crippen molar-refractivity contribution in [1.82, 2.24) is 0 Å². The van der Waals surface area contributed by atoms with Crippen LogP contribution < -0.4 is 0 Å². The van der Waals surface area contributed by atoms with Crippen molar-refractivity contribution in [3.8, 4) is 0 Å². The minimum absolute atomic E-state index is 0. The van der Waals surface area contributed by atoms with Crippen LogP contribution in [0.3, 0.4) is 0 Å². The molecular formula is C15H24NaO3S. The first kappa shape index (κ1) is 20.1. The largest absolute Gasteiger partial charge is 0.296 e. The van der Waals surface area contributed by atoms with Gasteiger partial charge in [0, 0.05) is 29.6 Å². The third kappa shape index (κ3) is 8.42. The Morgan fingerprint density at radius 2 is 1.60 bits per heavy atom. The molecular weight excluding hydrogens is 283 g/mol. The summed E-state index contributed by atoms with van der Waals surface area (Å²) in [6.45, 7) is 4.71. The van der Waals surface area contributed by atoms with Crippen LogP contribution in [0.15, 0.2) is 35.2 Å². The van der Waals surface area contributed by atoms with Gasteiger partial charge in [0.15, 0.2) is 0 Å². The van der Waals surface area contributed by atoms with Crippen molar-refractivity contribution in [3.63, 3.8) is 0 Å². The molecule has 0 saturated heterocycles. The molecule has 5 heteroatoms. The van der Waals surface area contributed by atoms with Crippen molar-refractivity contribution in [2.24, 2.45) is 5.92 Å². The van der Waals surface area contributed by atoms with E-state index < -0.39 is 10.1 Å². The average Bonchev–Trinajstić information content (AvgIpc) is 2.38. The van der Waals surface area contributed by atoms with E-state index in [-0.39, 0.29) is 41.1 Å². The Bertz CT molecular complexity index is 443. The van der Waals surface area contributed by atoms with Crippen LogP contribution in [-0.4, -0.2) is 44.6 Å². The molecule has 0 atom stereocenters. The fourth-order valence-corrected chi connectivity index (χ4v) is 2.80. The molecule has 1 aromatic carbocycles. The molecule has 3 nitrogen and oxygen atoms in total. The monoisotopic (exact) mass is 307 g/mol. The zero-order valence-corrected chi connectivity index (χ0v) is 15.7. The van der Waals surface area contributed by atoms with E-state index in [0.717, 1.165) is 25.2 Å². The van der Waals surface area contributed by atoms with E-state index in [2.05, 4.69) is 13.8 Å². The summed E-state index contributed by atoms with van der Waals surface area (Å²) in [6, 6.07) is 8.29. The zero-order valence-electron chi connectivity index (χ0n) is 12.8. The van der Waals surface area contributed by atoms with Gasteiger partial charge >= 0.3 is 0 Å². The predicted molar refractivity (Wildman–Crippen MR) is 83.3 cm³/mol. The van der Waals surface area contributed by atoms with Crippen molar-refractivity contribution in [2.45, 2.75) is 50.8 Å². The van der Waals surface area contributed by atoms with Crippen molar-refractivity contribution in [2.75, 3.05) is 6.61 Å². The Balaban J connectivity index is 0.00000361. The van der Waals surface area contributed by atoms with Crippen LogP contribution in [0.1, 0.15) is 46.0 Å². The molecule has 20 heavy (non-hydrogen) atoms. The van der Waals surface area contributed by atoms with Crippen LogP contribution in [0.2, 0.25) is 0 Å². The second-order valence-electron chi connectivity index (χ2n) is 5.19. The maximum Gasteiger partial charge on any atom is 0.296 e. The van der Waals surface area contributed by atoms with Crippen molar-refractivity contribution >= 4 is 39.7 Å². The van der Waals surface area contributed by atoms with Gasteiger partial charge in [-0.15, -0.1) is 0 Å². The minimum Gasteiger partial charge on any atom is -0.266 e. The Hall–Kier alpha value is 0.130. The van der Waals surface area contributed by atoms with Gasteiger partial charge in [-0.3, -0.25) is 4.18 Å². The Morgan fingerprint density at radius 1 is 1.00 bits per heavy atom. The van der Waals surface area contributed by atoms with E-state index in [1.165, 1.54) is 12.8 Å². The molecule has 1 rings (SSSR count). The summed E-state index contributed by atoms with van der Waals surface area (Å²) in [5.41, 5.74) is 0. The van der Waals surface area contributed by atoms with E-state index in [4.69, 9.17) is 4.18 Å². The second kappa shape index (κ2) is 10.8. The molecule has 0 aromatic heterocycles. The molecule has 0 aliphatic heterocycles. The number of unbranched alkanes of at least 4 members (excludes halogenated alkanes) is 3. The molecule has 109 valence electrons. The SMILES string of the molecule is CC(C)CCCCCCOS(=O)(=O)c1ccccc1.[Na]. The predicted octanol–water partition coefficient (Wildman–Crippen LogP) is 3.62. The summed E-state index contributed by atoms with van der Waals surface area (Å²) in [6.07, 6.45) is 5.42. The van der Waals surface area contributed by atoms with E-state index in [0.29, 0.717) is 0 Å². The summed E-state index contributed by atoms with van der Waals surface area (Å²) < 4.78 is 28.6. The zero-order chi connectivity index (χ0) is 14.1. The molecule has 0 saturated carbocycles. The minimum atomic E-state index is -3.57. The Kier molecular flexibility index (Phi) is 10.9. The first-order valence-corrected chi connectivity index (χ1v) is 8.37. The molecule has 0 aliphatic rings. The molecule has 0 spiro atoms. The first-order valence-electron chi connectivity index (χ1n) is 6.97. The molecule has 1 aromatic rings. The number of hydrogen-bond donors (Lipinski definition) is 0. The summed E-state index contributed by atoms with van der Waals surface area (Å²) in [4.78, 5) is 0.231. The fraction of sp³-hybridized carbons (Fsp3) is 0.600. The molecule has 0 N–H and O–H groups in total. The van der Waals surface area contributed by atoms with Gasteiger partial charge in [0.25, 0.3) is 10.1 Å². The van der Waals surface area contributed by atoms with Crippen LogP contribution in [0.5, 0.6) is 0 Å². The summed E-state index contributed by atoms with van der Waals surface area (Å²) >= 11 is 0. The van der Waals surface area contributed by atoms with Gasteiger partial charge in [-0.2, -0.15) is 8.42 Å². The van der Waals surface area contributed by atoms with E-state index in [9.17, 15) is 8.42 Å². The quantitative estimate of drug-likeness (QED) is 0.397. The maximum absolute atomic E-state index is 11.8. The third-order valence-electron chi connectivity index (χ3n) is 2.95. The van der Waals surface area contributed by atoms with Crippen molar-refractivity contribution in [1.29, 1.82) is 0 Å².